The largest absolute Gasteiger partial charge is 0.480 e. The van der Waals surface area contributed by atoms with Gasteiger partial charge in [0.2, 0.25) is 0 Å². The van der Waals surface area contributed by atoms with E-state index in [1.165, 1.54) is 11.9 Å². The quantitative estimate of drug-likeness (QED) is 0.869. The first-order valence-corrected chi connectivity index (χ1v) is 6.70. The van der Waals surface area contributed by atoms with Crippen molar-refractivity contribution in [2.24, 2.45) is 0 Å². The predicted octanol–water partition coefficient (Wildman–Crippen LogP) is 2.56. The van der Waals surface area contributed by atoms with E-state index in [0.29, 0.717) is 6.42 Å². The van der Waals surface area contributed by atoms with Gasteiger partial charge in [-0.25, -0.2) is 9.59 Å². The van der Waals surface area contributed by atoms with Crippen molar-refractivity contribution in [1.82, 2.24) is 10.2 Å². The minimum Gasteiger partial charge on any atom is -0.480 e. The normalized spacial score (nSPS) is 13.4. The number of benzene rings is 1. The highest BCUT2D eigenvalue weighted by atomic mass is 16.4. The first kappa shape index (κ1) is 16.0. The Kier molecular flexibility index (Phi) is 5.55. The van der Waals surface area contributed by atoms with Crippen LogP contribution in [0.25, 0.3) is 0 Å². The molecule has 1 rings (SSSR count). The molecule has 1 aromatic rings. The lowest BCUT2D eigenvalue weighted by Gasteiger charge is -2.26. The minimum atomic E-state index is -0.992. The van der Waals surface area contributed by atoms with Crippen LogP contribution in [-0.2, 0) is 4.79 Å². The number of aliphatic carboxylic acids is 1. The topological polar surface area (TPSA) is 69.6 Å². The molecule has 0 spiro atoms. The molecule has 2 unspecified atom stereocenters. The Balaban J connectivity index is 2.75. The van der Waals surface area contributed by atoms with Gasteiger partial charge < -0.3 is 15.3 Å². The third kappa shape index (κ3) is 3.73. The smallest absolute Gasteiger partial charge is 0.326 e. The second kappa shape index (κ2) is 6.93. The number of hydrogen-bond donors (Lipinski definition) is 2. The van der Waals surface area contributed by atoms with Crippen molar-refractivity contribution in [2.45, 2.75) is 39.3 Å². The highest BCUT2D eigenvalue weighted by Gasteiger charge is 2.25. The first-order valence-electron chi connectivity index (χ1n) is 6.70. The molecule has 0 aliphatic heterocycles. The second-order valence-electron chi connectivity index (χ2n) is 4.90. The minimum absolute atomic E-state index is 0.169. The predicted molar refractivity (Wildman–Crippen MR) is 77.6 cm³/mol. The van der Waals surface area contributed by atoms with Crippen molar-refractivity contribution < 1.29 is 14.7 Å². The number of urea groups is 1. The van der Waals surface area contributed by atoms with Crippen molar-refractivity contribution in [3.63, 3.8) is 0 Å². The van der Waals surface area contributed by atoms with Gasteiger partial charge in [0, 0.05) is 7.05 Å². The van der Waals surface area contributed by atoms with E-state index >= 15 is 0 Å². The maximum Gasteiger partial charge on any atom is 0.326 e. The van der Waals surface area contributed by atoms with Gasteiger partial charge in [-0.15, -0.1) is 0 Å². The number of nitrogens with one attached hydrogen (secondary N) is 1. The number of carbonyl (C=O) groups is 2. The SMILES string of the molecule is CCC(C(=O)O)N(C)C(=O)NC(C)c1ccccc1C. The molecule has 0 radical (unpaired) electrons. The number of rotatable bonds is 5. The molecule has 2 amide bonds. The summed E-state index contributed by atoms with van der Waals surface area (Å²) in [5.41, 5.74) is 2.12. The molecule has 2 N–H and O–H groups in total. The van der Waals surface area contributed by atoms with Crippen LogP contribution < -0.4 is 5.32 Å². The molecule has 110 valence electrons. The average Bonchev–Trinajstić information content (AvgIpc) is 2.39. The fraction of sp³-hybridized carbons (Fsp3) is 0.467. The summed E-state index contributed by atoms with van der Waals surface area (Å²) in [5, 5.41) is 11.9. The standard InChI is InChI=1S/C15H22N2O3/c1-5-13(14(18)19)17(4)15(20)16-11(3)12-9-7-6-8-10(12)2/h6-9,11,13H,5H2,1-4H3,(H,16,20)(H,18,19). The Morgan fingerprint density at radius 1 is 1.35 bits per heavy atom. The van der Waals surface area contributed by atoms with Crippen LogP contribution >= 0.6 is 0 Å². The van der Waals surface area contributed by atoms with Crippen LogP contribution in [0, 0.1) is 6.92 Å². The molecular weight excluding hydrogens is 256 g/mol. The number of carboxylic acid groups (broad SMARTS) is 1. The molecule has 0 saturated heterocycles. The van der Waals surface area contributed by atoms with Crippen molar-refractivity contribution in [2.75, 3.05) is 7.05 Å². The highest BCUT2D eigenvalue weighted by molar-refractivity contribution is 5.82. The van der Waals surface area contributed by atoms with Crippen LogP contribution in [0.4, 0.5) is 4.79 Å². The summed E-state index contributed by atoms with van der Waals surface area (Å²) in [6.07, 6.45) is 0.373. The third-order valence-corrected chi connectivity index (χ3v) is 3.45. The number of amides is 2. The van der Waals surface area contributed by atoms with E-state index < -0.39 is 12.0 Å². The molecule has 0 saturated carbocycles. The van der Waals surface area contributed by atoms with Crippen molar-refractivity contribution in [3.8, 4) is 0 Å². The van der Waals surface area contributed by atoms with Gasteiger partial charge in [-0.1, -0.05) is 31.2 Å². The Hall–Kier alpha value is -2.04. The molecule has 1 aromatic carbocycles. The molecule has 0 bridgehead atoms. The van der Waals surface area contributed by atoms with E-state index in [1.54, 1.807) is 6.92 Å². The van der Waals surface area contributed by atoms with E-state index in [-0.39, 0.29) is 12.1 Å². The summed E-state index contributed by atoms with van der Waals surface area (Å²) < 4.78 is 0. The number of aryl methyl sites for hydroxylation is 1. The van der Waals surface area contributed by atoms with E-state index in [1.807, 2.05) is 38.1 Å². The average molecular weight is 278 g/mol. The van der Waals surface area contributed by atoms with Crippen LogP contribution in [0.5, 0.6) is 0 Å². The maximum absolute atomic E-state index is 12.1. The molecule has 0 heterocycles. The molecule has 0 aliphatic rings. The lowest BCUT2D eigenvalue weighted by atomic mass is 10.0. The zero-order valence-electron chi connectivity index (χ0n) is 12.4. The second-order valence-corrected chi connectivity index (χ2v) is 4.90. The first-order chi connectivity index (χ1) is 9.38. The Morgan fingerprint density at radius 3 is 2.45 bits per heavy atom. The monoisotopic (exact) mass is 278 g/mol. The van der Waals surface area contributed by atoms with E-state index in [0.717, 1.165) is 11.1 Å². The zero-order chi connectivity index (χ0) is 15.3. The van der Waals surface area contributed by atoms with E-state index in [4.69, 9.17) is 5.11 Å². The van der Waals surface area contributed by atoms with Crippen LogP contribution in [0.2, 0.25) is 0 Å². The Bertz CT molecular complexity index is 488. The molecule has 0 fully saturated rings. The van der Waals surface area contributed by atoms with Gasteiger partial charge in [-0.05, 0) is 31.4 Å². The van der Waals surface area contributed by atoms with Crippen molar-refractivity contribution in [3.05, 3.63) is 35.4 Å². The third-order valence-electron chi connectivity index (χ3n) is 3.45. The van der Waals surface area contributed by atoms with Gasteiger partial charge in [-0.2, -0.15) is 0 Å². The molecular formula is C15H22N2O3. The summed E-state index contributed by atoms with van der Waals surface area (Å²) >= 11 is 0. The molecule has 5 heteroatoms. The van der Waals surface area contributed by atoms with E-state index in [9.17, 15) is 9.59 Å². The Labute approximate surface area is 119 Å². The molecule has 20 heavy (non-hydrogen) atoms. The molecule has 2 atom stereocenters. The summed E-state index contributed by atoms with van der Waals surface area (Å²) in [5.74, 6) is -0.992. The van der Waals surface area contributed by atoms with Gasteiger partial charge in [0.15, 0.2) is 0 Å². The van der Waals surface area contributed by atoms with E-state index in [2.05, 4.69) is 5.32 Å². The lowest BCUT2D eigenvalue weighted by molar-refractivity contribution is -0.141. The molecule has 0 aliphatic carbocycles. The maximum atomic E-state index is 12.1. The summed E-state index contributed by atoms with van der Waals surface area (Å²) in [6, 6.07) is 6.44. The summed E-state index contributed by atoms with van der Waals surface area (Å²) in [6.45, 7) is 5.61. The molecule has 5 nitrogen and oxygen atoms in total. The van der Waals surface area contributed by atoms with Gasteiger partial charge in [0.05, 0.1) is 6.04 Å². The molecule has 0 aromatic heterocycles. The van der Waals surface area contributed by atoms with Gasteiger partial charge in [0.25, 0.3) is 0 Å². The number of carboxylic acids is 1. The fourth-order valence-corrected chi connectivity index (χ4v) is 2.19. The van der Waals surface area contributed by atoms with Gasteiger partial charge in [-0.3, -0.25) is 0 Å². The van der Waals surface area contributed by atoms with Crippen LogP contribution in [0.15, 0.2) is 24.3 Å². The van der Waals surface area contributed by atoms with Crippen LogP contribution in [0.1, 0.15) is 37.4 Å². The highest BCUT2D eigenvalue weighted by Crippen LogP contribution is 2.17. The van der Waals surface area contributed by atoms with Crippen molar-refractivity contribution in [1.29, 1.82) is 0 Å². The number of carbonyl (C=O) groups excluding carboxylic acids is 1. The lowest BCUT2D eigenvalue weighted by Crippen LogP contribution is -2.47. The number of hydrogen-bond acceptors (Lipinski definition) is 2. The van der Waals surface area contributed by atoms with Crippen molar-refractivity contribution >= 4 is 12.0 Å². The number of likely N-dealkylation sites (N-methyl/N-ethyl adjacent to an activating group) is 1. The summed E-state index contributed by atoms with van der Waals surface area (Å²) in [7, 11) is 1.50. The number of nitrogens with zero attached hydrogens (tertiary/aromatic N) is 1. The van der Waals surface area contributed by atoms with Gasteiger partial charge >= 0.3 is 12.0 Å². The van der Waals surface area contributed by atoms with Crippen LogP contribution in [-0.4, -0.2) is 35.1 Å². The Morgan fingerprint density at radius 2 is 1.95 bits per heavy atom. The van der Waals surface area contributed by atoms with Crippen LogP contribution in [0.3, 0.4) is 0 Å². The zero-order valence-corrected chi connectivity index (χ0v) is 12.4. The fourth-order valence-electron chi connectivity index (χ4n) is 2.19. The van der Waals surface area contributed by atoms with Gasteiger partial charge in [0.1, 0.15) is 6.04 Å². The summed E-state index contributed by atoms with van der Waals surface area (Å²) in [4.78, 5) is 24.4.